The first-order chi connectivity index (χ1) is 14.2. The lowest BCUT2D eigenvalue weighted by molar-refractivity contribution is -0.115. The standard InChI is InChI=1S/C22H24ClN3O3S/c1-13(19(27)24-16-10-11-18(28-5)17(23)12-16)30-21-26-25-20(29-21)14-6-8-15(9-7-14)22(2,3)4/h6-13H,1-5H3,(H,24,27). The van der Waals surface area contributed by atoms with Gasteiger partial charge in [0.2, 0.25) is 11.8 Å². The van der Waals surface area contributed by atoms with E-state index in [1.54, 1.807) is 25.1 Å². The summed E-state index contributed by atoms with van der Waals surface area (Å²) in [6.45, 7) is 8.26. The molecule has 1 aromatic heterocycles. The molecule has 3 rings (SSSR count). The van der Waals surface area contributed by atoms with Crippen LogP contribution in [-0.4, -0.2) is 28.5 Å². The summed E-state index contributed by atoms with van der Waals surface area (Å²) < 4.78 is 10.9. The number of anilines is 1. The van der Waals surface area contributed by atoms with Crippen LogP contribution in [0.25, 0.3) is 11.5 Å². The Bertz CT molecular complexity index is 1030. The fourth-order valence-electron chi connectivity index (χ4n) is 2.68. The third-order valence-corrected chi connectivity index (χ3v) is 5.70. The summed E-state index contributed by atoms with van der Waals surface area (Å²) >= 11 is 7.30. The lowest BCUT2D eigenvalue weighted by atomic mass is 9.87. The van der Waals surface area contributed by atoms with Gasteiger partial charge in [0.05, 0.1) is 17.4 Å². The SMILES string of the molecule is COc1ccc(NC(=O)C(C)Sc2nnc(-c3ccc(C(C)(C)C)cc3)o2)cc1Cl. The first kappa shape index (κ1) is 22.2. The number of aromatic nitrogens is 2. The fourth-order valence-corrected chi connectivity index (χ4v) is 3.62. The fraction of sp³-hybridized carbons (Fsp3) is 0.318. The van der Waals surface area contributed by atoms with Crippen LogP contribution >= 0.6 is 23.4 Å². The molecular weight excluding hydrogens is 422 g/mol. The second kappa shape index (κ2) is 9.10. The number of rotatable bonds is 6. The van der Waals surface area contributed by atoms with Crippen LogP contribution < -0.4 is 10.1 Å². The molecule has 0 bridgehead atoms. The summed E-state index contributed by atoms with van der Waals surface area (Å²) in [5.41, 5.74) is 2.73. The molecule has 0 fully saturated rings. The van der Waals surface area contributed by atoms with E-state index < -0.39 is 5.25 Å². The Morgan fingerprint density at radius 1 is 1.17 bits per heavy atom. The normalized spacial score (nSPS) is 12.5. The summed E-state index contributed by atoms with van der Waals surface area (Å²) in [5, 5.41) is 11.3. The summed E-state index contributed by atoms with van der Waals surface area (Å²) in [6.07, 6.45) is 0. The molecule has 3 aromatic rings. The average Bonchev–Trinajstić information content (AvgIpc) is 3.16. The van der Waals surface area contributed by atoms with Crippen LogP contribution in [0.15, 0.2) is 52.1 Å². The van der Waals surface area contributed by atoms with Gasteiger partial charge in [-0.2, -0.15) is 0 Å². The number of carbonyl (C=O) groups excluding carboxylic acids is 1. The van der Waals surface area contributed by atoms with E-state index in [1.165, 1.54) is 24.4 Å². The second-order valence-electron chi connectivity index (χ2n) is 7.80. The van der Waals surface area contributed by atoms with Gasteiger partial charge in [-0.05, 0) is 48.2 Å². The third-order valence-electron chi connectivity index (χ3n) is 4.47. The van der Waals surface area contributed by atoms with Gasteiger partial charge < -0.3 is 14.5 Å². The monoisotopic (exact) mass is 445 g/mol. The molecule has 2 aromatic carbocycles. The highest BCUT2D eigenvalue weighted by Crippen LogP contribution is 2.30. The van der Waals surface area contributed by atoms with Gasteiger partial charge >= 0.3 is 0 Å². The van der Waals surface area contributed by atoms with Gasteiger partial charge in [-0.3, -0.25) is 4.79 Å². The van der Waals surface area contributed by atoms with Crippen LogP contribution in [0.5, 0.6) is 5.75 Å². The van der Waals surface area contributed by atoms with Gasteiger partial charge in [-0.25, -0.2) is 0 Å². The number of hydrogen-bond acceptors (Lipinski definition) is 6. The van der Waals surface area contributed by atoms with E-state index in [-0.39, 0.29) is 11.3 Å². The number of halogens is 1. The minimum atomic E-state index is -0.442. The lowest BCUT2D eigenvalue weighted by Gasteiger charge is -2.18. The maximum absolute atomic E-state index is 12.5. The molecule has 0 saturated carbocycles. The Balaban J connectivity index is 1.63. The van der Waals surface area contributed by atoms with Crippen molar-refractivity contribution < 1.29 is 13.9 Å². The van der Waals surface area contributed by atoms with E-state index >= 15 is 0 Å². The number of thioether (sulfide) groups is 1. The molecule has 158 valence electrons. The van der Waals surface area contributed by atoms with Crippen molar-refractivity contribution in [3.05, 3.63) is 53.1 Å². The minimum Gasteiger partial charge on any atom is -0.495 e. The molecule has 0 aliphatic heterocycles. The number of carbonyl (C=O) groups is 1. The largest absolute Gasteiger partial charge is 0.495 e. The zero-order chi connectivity index (χ0) is 21.9. The third kappa shape index (κ3) is 5.34. The van der Waals surface area contributed by atoms with Crippen LogP contribution in [0.3, 0.4) is 0 Å². The summed E-state index contributed by atoms with van der Waals surface area (Å²) in [4.78, 5) is 12.5. The van der Waals surface area contributed by atoms with Crippen molar-refractivity contribution in [3.8, 4) is 17.2 Å². The van der Waals surface area contributed by atoms with Gasteiger partial charge in [0, 0.05) is 11.3 Å². The van der Waals surface area contributed by atoms with Crippen molar-refractivity contribution in [2.75, 3.05) is 12.4 Å². The van der Waals surface area contributed by atoms with Gasteiger partial charge in [-0.15, -0.1) is 10.2 Å². The highest BCUT2D eigenvalue weighted by molar-refractivity contribution is 8.00. The van der Waals surface area contributed by atoms with Gasteiger partial charge in [0.1, 0.15) is 5.75 Å². The van der Waals surface area contributed by atoms with E-state index in [4.69, 9.17) is 20.8 Å². The van der Waals surface area contributed by atoms with Gasteiger partial charge in [0.15, 0.2) is 0 Å². The number of methoxy groups -OCH3 is 1. The first-order valence-electron chi connectivity index (χ1n) is 9.43. The zero-order valence-electron chi connectivity index (χ0n) is 17.5. The predicted molar refractivity (Wildman–Crippen MR) is 120 cm³/mol. The number of hydrogen-bond donors (Lipinski definition) is 1. The summed E-state index contributed by atoms with van der Waals surface area (Å²) in [5.74, 6) is 0.772. The van der Waals surface area contributed by atoms with Crippen LogP contribution in [0.1, 0.15) is 33.3 Å². The molecule has 1 heterocycles. The number of amides is 1. The van der Waals surface area contributed by atoms with E-state index in [0.717, 1.165) is 5.56 Å². The van der Waals surface area contributed by atoms with Crippen molar-refractivity contribution in [2.24, 2.45) is 0 Å². The zero-order valence-corrected chi connectivity index (χ0v) is 19.1. The number of benzene rings is 2. The van der Waals surface area contributed by atoms with Crippen molar-refractivity contribution in [3.63, 3.8) is 0 Å². The van der Waals surface area contributed by atoms with Gasteiger partial charge in [-0.1, -0.05) is 56.3 Å². The van der Waals surface area contributed by atoms with Crippen molar-refractivity contribution in [1.29, 1.82) is 0 Å². The second-order valence-corrected chi connectivity index (χ2v) is 9.50. The molecule has 8 heteroatoms. The maximum Gasteiger partial charge on any atom is 0.277 e. The predicted octanol–water partition coefficient (Wildman–Crippen LogP) is 5.82. The molecule has 30 heavy (non-hydrogen) atoms. The molecule has 1 unspecified atom stereocenters. The smallest absolute Gasteiger partial charge is 0.277 e. The minimum absolute atomic E-state index is 0.0747. The molecule has 1 atom stereocenters. The Labute approximate surface area is 185 Å². The van der Waals surface area contributed by atoms with E-state index in [1.807, 2.05) is 12.1 Å². The Morgan fingerprint density at radius 3 is 2.47 bits per heavy atom. The Morgan fingerprint density at radius 2 is 1.87 bits per heavy atom. The first-order valence-corrected chi connectivity index (χ1v) is 10.7. The van der Waals surface area contributed by atoms with Crippen LogP contribution in [0.2, 0.25) is 5.02 Å². The lowest BCUT2D eigenvalue weighted by Crippen LogP contribution is -2.22. The quantitative estimate of drug-likeness (QED) is 0.482. The van der Waals surface area contributed by atoms with Crippen molar-refractivity contribution in [1.82, 2.24) is 10.2 Å². The molecule has 1 N–H and O–H groups in total. The average molecular weight is 446 g/mol. The molecule has 0 spiro atoms. The topological polar surface area (TPSA) is 77.2 Å². The number of nitrogens with one attached hydrogen (secondary N) is 1. The molecular formula is C22H24ClN3O3S. The Hall–Kier alpha value is -2.51. The molecule has 0 saturated heterocycles. The van der Waals surface area contributed by atoms with Crippen molar-refractivity contribution >= 4 is 35.0 Å². The van der Waals surface area contributed by atoms with E-state index in [2.05, 4.69) is 48.4 Å². The number of ether oxygens (including phenoxy) is 1. The molecule has 6 nitrogen and oxygen atoms in total. The van der Waals surface area contributed by atoms with Crippen LogP contribution in [0, 0.1) is 0 Å². The highest BCUT2D eigenvalue weighted by atomic mass is 35.5. The van der Waals surface area contributed by atoms with E-state index in [0.29, 0.717) is 27.6 Å². The molecule has 1 amide bonds. The van der Waals surface area contributed by atoms with Crippen LogP contribution in [-0.2, 0) is 10.2 Å². The Kier molecular flexibility index (Phi) is 6.73. The summed E-state index contributed by atoms with van der Waals surface area (Å²) in [7, 11) is 1.54. The number of nitrogens with zero attached hydrogens (tertiary/aromatic N) is 2. The molecule has 0 radical (unpaired) electrons. The van der Waals surface area contributed by atoms with Crippen LogP contribution in [0.4, 0.5) is 5.69 Å². The summed E-state index contributed by atoms with van der Waals surface area (Å²) in [6, 6.07) is 13.1. The molecule has 0 aliphatic carbocycles. The van der Waals surface area contributed by atoms with E-state index in [9.17, 15) is 4.79 Å². The van der Waals surface area contributed by atoms with Gasteiger partial charge in [0.25, 0.3) is 5.22 Å². The highest BCUT2D eigenvalue weighted by Gasteiger charge is 2.20. The molecule has 0 aliphatic rings. The van der Waals surface area contributed by atoms with Crippen molar-refractivity contribution in [2.45, 2.75) is 43.6 Å². The maximum atomic E-state index is 12.5.